The molecule has 28 heavy (non-hydrogen) atoms. The molecule has 1 aliphatic heterocycles. The molecule has 5 nitrogen and oxygen atoms in total. The molecular weight excluding hydrogens is 374 g/mol. The number of para-hydroxylation sites is 1. The largest absolute Gasteiger partial charge is 0.368 e. The van der Waals surface area contributed by atoms with Crippen LogP contribution in [0, 0.1) is 6.92 Å². The van der Waals surface area contributed by atoms with Crippen LogP contribution in [0.15, 0.2) is 48.5 Å². The molecule has 148 valence electrons. The highest BCUT2D eigenvalue weighted by molar-refractivity contribution is 6.30. The molecule has 2 aromatic rings. The number of nitrogens with zero attached hydrogens (tertiary/aromatic N) is 3. The van der Waals surface area contributed by atoms with E-state index in [-0.39, 0.29) is 11.8 Å². The first kappa shape index (κ1) is 20.2. The molecule has 0 unspecified atom stereocenters. The second kappa shape index (κ2) is 9.11. The van der Waals surface area contributed by atoms with Crippen LogP contribution in [0.2, 0.25) is 5.02 Å². The van der Waals surface area contributed by atoms with Gasteiger partial charge in [-0.15, -0.1) is 0 Å². The van der Waals surface area contributed by atoms with Crippen molar-refractivity contribution in [2.45, 2.75) is 20.3 Å². The topological polar surface area (TPSA) is 43.9 Å². The number of amides is 2. The van der Waals surface area contributed by atoms with Crippen LogP contribution in [0.1, 0.15) is 18.9 Å². The van der Waals surface area contributed by atoms with Crippen LogP contribution < -0.4 is 9.80 Å². The number of piperazine rings is 1. The van der Waals surface area contributed by atoms with E-state index in [1.54, 1.807) is 11.0 Å². The summed E-state index contributed by atoms with van der Waals surface area (Å²) in [5, 5.41) is 0.636. The maximum atomic E-state index is 12.7. The normalized spacial score (nSPS) is 14.1. The van der Waals surface area contributed by atoms with Crippen molar-refractivity contribution in [1.29, 1.82) is 0 Å². The van der Waals surface area contributed by atoms with Crippen LogP contribution in [-0.2, 0) is 9.59 Å². The Bertz CT molecular complexity index is 833. The van der Waals surface area contributed by atoms with Crippen molar-refractivity contribution < 1.29 is 9.59 Å². The maximum Gasteiger partial charge on any atom is 0.224 e. The van der Waals surface area contributed by atoms with Crippen LogP contribution in [-0.4, -0.2) is 49.4 Å². The summed E-state index contributed by atoms with van der Waals surface area (Å²) in [6.07, 6.45) is 0.312. The van der Waals surface area contributed by atoms with Crippen molar-refractivity contribution in [3.63, 3.8) is 0 Å². The van der Waals surface area contributed by atoms with Crippen molar-refractivity contribution in [3.8, 4) is 0 Å². The summed E-state index contributed by atoms with van der Waals surface area (Å²) in [6.45, 7) is 6.86. The van der Waals surface area contributed by atoms with E-state index in [2.05, 4.69) is 17.0 Å². The Morgan fingerprint density at radius 2 is 1.71 bits per heavy atom. The van der Waals surface area contributed by atoms with Gasteiger partial charge in [0.05, 0.1) is 0 Å². The number of carbonyl (C=O) groups is 2. The highest BCUT2D eigenvalue weighted by Gasteiger charge is 2.23. The zero-order valence-corrected chi connectivity index (χ0v) is 17.2. The van der Waals surface area contributed by atoms with Gasteiger partial charge in [-0.05, 0) is 42.8 Å². The molecule has 1 heterocycles. The highest BCUT2D eigenvalue weighted by atomic mass is 35.5. The minimum absolute atomic E-state index is 0.0767. The zero-order valence-electron chi connectivity index (χ0n) is 16.4. The van der Waals surface area contributed by atoms with E-state index in [4.69, 9.17) is 11.6 Å². The molecule has 2 aromatic carbocycles. The van der Waals surface area contributed by atoms with Gasteiger partial charge in [-0.3, -0.25) is 9.59 Å². The van der Waals surface area contributed by atoms with Gasteiger partial charge in [0.25, 0.3) is 0 Å². The first-order valence-electron chi connectivity index (χ1n) is 9.58. The minimum atomic E-state index is -0.0767. The summed E-state index contributed by atoms with van der Waals surface area (Å²) in [7, 11) is 0. The lowest BCUT2D eigenvalue weighted by Crippen LogP contribution is -2.49. The number of benzene rings is 2. The highest BCUT2D eigenvalue weighted by Crippen LogP contribution is 2.24. The van der Waals surface area contributed by atoms with Crippen LogP contribution in [0.3, 0.4) is 0 Å². The molecule has 0 atom stereocenters. The lowest BCUT2D eigenvalue weighted by molar-refractivity contribution is -0.131. The lowest BCUT2D eigenvalue weighted by Gasteiger charge is -2.36. The quantitative estimate of drug-likeness (QED) is 0.769. The standard InChI is InChI=1S/C22H26ClN3O2/c1-17-16-19(23)8-9-21(17)26(18(2)27)11-10-22(28)25-14-12-24(13-15-25)20-6-4-3-5-7-20/h3-9,16H,10-15H2,1-2H3. The molecule has 0 spiro atoms. The zero-order chi connectivity index (χ0) is 20.1. The number of hydrogen-bond acceptors (Lipinski definition) is 3. The van der Waals surface area contributed by atoms with Crippen molar-refractivity contribution in [3.05, 3.63) is 59.1 Å². The smallest absolute Gasteiger partial charge is 0.224 e. The number of rotatable bonds is 5. The van der Waals surface area contributed by atoms with Gasteiger partial charge in [0.1, 0.15) is 0 Å². The van der Waals surface area contributed by atoms with Crippen LogP contribution in [0.25, 0.3) is 0 Å². The molecule has 0 aromatic heterocycles. The number of carbonyl (C=O) groups excluding carboxylic acids is 2. The first-order valence-corrected chi connectivity index (χ1v) is 9.95. The Morgan fingerprint density at radius 3 is 2.32 bits per heavy atom. The lowest BCUT2D eigenvalue weighted by atomic mass is 10.1. The maximum absolute atomic E-state index is 12.7. The molecule has 0 saturated carbocycles. The summed E-state index contributed by atoms with van der Waals surface area (Å²) >= 11 is 6.02. The molecule has 1 fully saturated rings. The fourth-order valence-electron chi connectivity index (χ4n) is 3.59. The molecule has 3 rings (SSSR count). The summed E-state index contributed by atoms with van der Waals surface area (Å²) < 4.78 is 0. The van der Waals surface area contributed by atoms with E-state index in [0.29, 0.717) is 31.1 Å². The third kappa shape index (κ3) is 4.84. The van der Waals surface area contributed by atoms with Crippen molar-refractivity contribution in [2.75, 3.05) is 42.5 Å². The molecular formula is C22H26ClN3O2. The molecule has 0 bridgehead atoms. The number of hydrogen-bond donors (Lipinski definition) is 0. The fraction of sp³-hybridized carbons (Fsp3) is 0.364. The minimum Gasteiger partial charge on any atom is -0.368 e. The Hall–Kier alpha value is -2.53. The van der Waals surface area contributed by atoms with E-state index in [1.165, 1.54) is 12.6 Å². The predicted molar refractivity (Wildman–Crippen MR) is 114 cm³/mol. The summed E-state index contributed by atoms with van der Waals surface area (Å²) in [6, 6.07) is 15.7. The second-order valence-corrected chi connectivity index (χ2v) is 7.49. The molecule has 0 radical (unpaired) electrons. The molecule has 0 aliphatic carbocycles. The van der Waals surface area contributed by atoms with Gasteiger partial charge in [0.2, 0.25) is 11.8 Å². The summed E-state index contributed by atoms with van der Waals surface area (Å²) in [4.78, 5) is 30.7. The van der Waals surface area contributed by atoms with E-state index in [1.807, 2.05) is 42.2 Å². The van der Waals surface area contributed by atoms with Gasteiger partial charge >= 0.3 is 0 Å². The first-order chi connectivity index (χ1) is 13.5. The molecule has 0 N–H and O–H groups in total. The van der Waals surface area contributed by atoms with E-state index in [0.717, 1.165) is 24.3 Å². The van der Waals surface area contributed by atoms with E-state index in [9.17, 15) is 9.59 Å². The van der Waals surface area contributed by atoms with Gasteiger partial charge in [0.15, 0.2) is 0 Å². The van der Waals surface area contributed by atoms with E-state index >= 15 is 0 Å². The van der Waals surface area contributed by atoms with Crippen molar-refractivity contribution >= 4 is 34.8 Å². The Morgan fingerprint density at radius 1 is 1.04 bits per heavy atom. The predicted octanol–water partition coefficient (Wildman–Crippen LogP) is 3.74. The summed E-state index contributed by atoms with van der Waals surface area (Å²) in [5.41, 5.74) is 2.92. The van der Waals surface area contributed by atoms with Crippen LogP contribution in [0.5, 0.6) is 0 Å². The third-order valence-electron chi connectivity index (χ3n) is 5.13. The monoisotopic (exact) mass is 399 g/mol. The average Bonchev–Trinajstić information content (AvgIpc) is 2.70. The van der Waals surface area contributed by atoms with Crippen LogP contribution >= 0.6 is 11.6 Å². The molecule has 1 saturated heterocycles. The molecule has 2 amide bonds. The van der Waals surface area contributed by atoms with E-state index < -0.39 is 0 Å². The Balaban J connectivity index is 1.56. The second-order valence-electron chi connectivity index (χ2n) is 7.05. The summed E-state index contributed by atoms with van der Waals surface area (Å²) in [5.74, 6) is 0.0118. The van der Waals surface area contributed by atoms with Gasteiger partial charge in [-0.1, -0.05) is 29.8 Å². The van der Waals surface area contributed by atoms with Crippen LogP contribution in [0.4, 0.5) is 11.4 Å². The fourth-order valence-corrected chi connectivity index (χ4v) is 3.81. The van der Waals surface area contributed by atoms with Gasteiger partial charge < -0.3 is 14.7 Å². The molecule has 1 aliphatic rings. The Labute approximate surface area is 171 Å². The van der Waals surface area contributed by atoms with Crippen molar-refractivity contribution in [2.24, 2.45) is 0 Å². The Kier molecular flexibility index (Phi) is 6.57. The SMILES string of the molecule is CC(=O)N(CCC(=O)N1CCN(c2ccccc2)CC1)c1ccc(Cl)cc1C. The van der Waals surface area contributed by atoms with Crippen molar-refractivity contribution in [1.82, 2.24) is 4.90 Å². The molecule has 6 heteroatoms. The number of halogens is 1. The third-order valence-corrected chi connectivity index (χ3v) is 5.37. The number of anilines is 2. The van der Waals surface area contributed by atoms with Gasteiger partial charge in [-0.25, -0.2) is 0 Å². The van der Waals surface area contributed by atoms with Gasteiger partial charge in [-0.2, -0.15) is 0 Å². The average molecular weight is 400 g/mol. The van der Waals surface area contributed by atoms with Gasteiger partial charge in [0, 0.05) is 62.5 Å². The number of aryl methyl sites for hydroxylation is 1.